The first-order valence-electron chi connectivity index (χ1n) is 8.06. The van der Waals surface area contributed by atoms with Gasteiger partial charge in [0.15, 0.2) is 5.65 Å². The van der Waals surface area contributed by atoms with E-state index < -0.39 is 0 Å². The fourth-order valence-electron chi connectivity index (χ4n) is 2.62. The van der Waals surface area contributed by atoms with Gasteiger partial charge in [-0.25, -0.2) is 18.9 Å². The minimum absolute atomic E-state index is 0.167. The van der Waals surface area contributed by atoms with E-state index in [1.54, 1.807) is 28.6 Å². The summed E-state index contributed by atoms with van der Waals surface area (Å²) in [6.07, 6.45) is 3.28. The number of hydrogen-bond donors (Lipinski definition) is 0. The van der Waals surface area contributed by atoms with Crippen molar-refractivity contribution in [2.45, 2.75) is 17.3 Å². The molecule has 4 rings (SSSR count). The summed E-state index contributed by atoms with van der Waals surface area (Å²) in [4.78, 5) is 17.0. The fourth-order valence-corrected chi connectivity index (χ4v) is 3.64. The summed E-state index contributed by atoms with van der Waals surface area (Å²) < 4.78 is 3.01. The minimum atomic E-state index is -0.167. The summed E-state index contributed by atoms with van der Waals surface area (Å²) >= 11 is 7.47. The molecule has 0 aliphatic rings. The Bertz CT molecular complexity index is 1090. The molecule has 0 aliphatic carbocycles. The highest BCUT2D eigenvalue weighted by Crippen LogP contribution is 2.24. The predicted octanol–water partition coefficient (Wildman–Crippen LogP) is 3.89. The lowest BCUT2D eigenvalue weighted by atomic mass is 10.2. The van der Waals surface area contributed by atoms with Gasteiger partial charge in [-0.1, -0.05) is 65.8 Å². The molecule has 0 saturated carbocycles. The molecule has 26 heavy (non-hydrogen) atoms. The molecular formula is C19H15ClN4OS. The molecule has 0 spiro atoms. The molecule has 0 amide bonds. The molecule has 2 aromatic heterocycles. The third-order valence-corrected chi connectivity index (χ3v) is 5.22. The number of fused-ring (bicyclic) bond motifs is 1. The van der Waals surface area contributed by atoms with Crippen LogP contribution in [0.25, 0.3) is 5.65 Å². The number of hydrogen-bond acceptors (Lipinski definition) is 4. The van der Waals surface area contributed by atoms with E-state index in [2.05, 4.69) is 10.1 Å². The summed E-state index contributed by atoms with van der Waals surface area (Å²) in [7, 11) is 0. The van der Waals surface area contributed by atoms with E-state index in [0.29, 0.717) is 17.2 Å². The molecule has 4 aromatic rings. The van der Waals surface area contributed by atoms with Crippen molar-refractivity contribution in [3.05, 3.63) is 93.6 Å². The zero-order valence-electron chi connectivity index (χ0n) is 13.7. The lowest BCUT2D eigenvalue weighted by molar-refractivity contribution is 0.658. The first kappa shape index (κ1) is 16.9. The third kappa shape index (κ3) is 3.52. The second kappa shape index (κ2) is 7.35. The van der Waals surface area contributed by atoms with Gasteiger partial charge in [-0.2, -0.15) is 0 Å². The van der Waals surface area contributed by atoms with Crippen LogP contribution in [0, 0.1) is 0 Å². The second-order valence-corrected chi connectivity index (χ2v) is 7.17. The van der Waals surface area contributed by atoms with Crippen LogP contribution in [-0.4, -0.2) is 19.2 Å². The Morgan fingerprint density at radius 2 is 1.77 bits per heavy atom. The lowest BCUT2D eigenvalue weighted by Gasteiger charge is -2.02. The molecule has 0 unspecified atom stereocenters. The number of rotatable bonds is 5. The maximum atomic E-state index is 12.6. The van der Waals surface area contributed by atoms with E-state index in [4.69, 9.17) is 11.6 Å². The standard InChI is InChI=1S/C19H15ClN4OS/c20-16-8-6-15(7-9-16)13-26-18-17-22-24(12-14-4-2-1-3-5-14)19(25)23(17)11-10-21-18/h1-11H,12-13H2. The van der Waals surface area contributed by atoms with E-state index in [0.717, 1.165) is 21.9 Å². The van der Waals surface area contributed by atoms with Crippen molar-refractivity contribution in [3.63, 3.8) is 0 Å². The summed E-state index contributed by atoms with van der Waals surface area (Å²) in [6.45, 7) is 0.433. The number of nitrogens with zero attached hydrogens (tertiary/aromatic N) is 4. The summed E-state index contributed by atoms with van der Waals surface area (Å²) in [6, 6.07) is 17.5. The smallest absolute Gasteiger partial charge is 0.246 e. The Morgan fingerprint density at radius 3 is 2.54 bits per heavy atom. The van der Waals surface area contributed by atoms with Gasteiger partial charge in [0.05, 0.1) is 6.54 Å². The Kier molecular flexibility index (Phi) is 4.77. The van der Waals surface area contributed by atoms with E-state index in [1.165, 1.54) is 4.68 Å². The van der Waals surface area contributed by atoms with Crippen LogP contribution in [0.2, 0.25) is 5.02 Å². The van der Waals surface area contributed by atoms with Crippen molar-refractivity contribution in [2.24, 2.45) is 0 Å². The molecule has 2 aromatic carbocycles. The van der Waals surface area contributed by atoms with Gasteiger partial charge < -0.3 is 0 Å². The van der Waals surface area contributed by atoms with Crippen LogP contribution in [0.15, 0.2) is 76.8 Å². The molecule has 0 aliphatic heterocycles. The second-order valence-electron chi connectivity index (χ2n) is 5.77. The topological polar surface area (TPSA) is 52.2 Å². The van der Waals surface area contributed by atoms with Crippen LogP contribution < -0.4 is 5.69 Å². The van der Waals surface area contributed by atoms with Crippen molar-refractivity contribution in [3.8, 4) is 0 Å². The van der Waals surface area contributed by atoms with Gasteiger partial charge in [0.1, 0.15) is 5.03 Å². The molecule has 0 bridgehead atoms. The van der Waals surface area contributed by atoms with Crippen molar-refractivity contribution in [2.75, 3.05) is 0 Å². The lowest BCUT2D eigenvalue weighted by Crippen LogP contribution is -2.21. The molecule has 0 N–H and O–H groups in total. The number of aromatic nitrogens is 4. The van der Waals surface area contributed by atoms with E-state index in [1.807, 2.05) is 54.6 Å². The maximum absolute atomic E-state index is 12.6. The Morgan fingerprint density at radius 1 is 1.00 bits per heavy atom. The Balaban J connectivity index is 1.62. The first-order chi connectivity index (χ1) is 12.7. The molecule has 2 heterocycles. The largest absolute Gasteiger partial charge is 0.350 e. The molecule has 0 atom stereocenters. The van der Waals surface area contributed by atoms with Crippen LogP contribution in [0.3, 0.4) is 0 Å². The number of thioether (sulfide) groups is 1. The highest BCUT2D eigenvalue weighted by molar-refractivity contribution is 7.98. The fraction of sp³-hybridized carbons (Fsp3) is 0.105. The number of halogens is 1. The molecule has 7 heteroatoms. The van der Waals surface area contributed by atoms with Gasteiger partial charge in [-0.3, -0.25) is 0 Å². The maximum Gasteiger partial charge on any atom is 0.350 e. The average molecular weight is 383 g/mol. The van der Waals surface area contributed by atoms with E-state index >= 15 is 0 Å². The van der Waals surface area contributed by atoms with Gasteiger partial charge in [-0.05, 0) is 23.3 Å². The van der Waals surface area contributed by atoms with Crippen molar-refractivity contribution in [1.82, 2.24) is 19.2 Å². The first-order valence-corrected chi connectivity index (χ1v) is 9.42. The van der Waals surface area contributed by atoms with Gasteiger partial charge in [0, 0.05) is 23.2 Å². The zero-order chi connectivity index (χ0) is 17.9. The third-order valence-electron chi connectivity index (χ3n) is 3.93. The monoisotopic (exact) mass is 382 g/mol. The molecule has 0 fully saturated rings. The van der Waals surface area contributed by atoms with Gasteiger partial charge in [0.25, 0.3) is 0 Å². The minimum Gasteiger partial charge on any atom is -0.246 e. The van der Waals surface area contributed by atoms with Crippen LogP contribution in [0.5, 0.6) is 0 Å². The van der Waals surface area contributed by atoms with Gasteiger partial charge in [-0.15, -0.1) is 5.10 Å². The highest BCUT2D eigenvalue weighted by Gasteiger charge is 2.12. The SMILES string of the molecule is O=c1n(Cc2ccccc2)nc2c(SCc3ccc(Cl)cc3)nccn12. The predicted molar refractivity (Wildman–Crippen MR) is 104 cm³/mol. The molecule has 0 radical (unpaired) electrons. The van der Waals surface area contributed by atoms with Crippen LogP contribution >= 0.6 is 23.4 Å². The van der Waals surface area contributed by atoms with E-state index in [9.17, 15) is 4.79 Å². The molecular weight excluding hydrogens is 368 g/mol. The van der Waals surface area contributed by atoms with Crippen LogP contribution in [0.4, 0.5) is 0 Å². The average Bonchev–Trinajstić information content (AvgIpc) is 2.99. The zero-order valence-corrected chi connectivity index (χ0v) is 15.3. The summed E-state index contributed by atoms with van der Waals surface area (Å²) in [5.41, 5.74) is 2.57. The Labute approximate surface area is 159 Å². The highest BCUT2D eigenvalue weighted by atomic mass is 35.5. The molecule has 0 saturated heterocycles. The van der Waals surface area contributed by atoms with Crippen molar-refractivity contribution >= 4 is 29.0 Å². The quantitative estimate of drug-likeness (QED) is 0.491. The molecule has 130 valence electrons. The number of benzene rings is 2. The van der Waals surface area contributed by atoms with Crippen LogP contribution in [-0.2, 0) is 12.3 Å². The summed E-state index contributed by atoms with van der Waals surface area (Å²) in [5, 5.41) is 5.94. The Hall–Kier alpha value is -2.57. The summed E-state index contributed by atoms with van der Waals surface area (Å²) in [5.74, 6) is 0.726. The van der Waals surface area contributed by atoms with Crippen LogP contribution in [0.1, 0.15) is 11.1 Å². The van der Waals surface area contributed by atoms with E-state index in [-0.39, 0.29) is 5.69 Å². The van der Waals surface area contributed by atoms with Crippen molar-refractivity contribution in [1.29, 1.82) is 0 Å². The molecule has 5 nitrogen and oxygen atoms in total. The van der Waals surface area contributed by atoms with Gasteiger partial charge in [0.2, 0.25) is 0 Å². The van der Waals surface area contributed by atoms with Gasteiger partial charge >= 0.3 is 5.69 Å². The van der Waals surface area contributed by atoms with Crippen molar-refractivity contribution < 1.29 is 0 Å². The normalized spacial score (nSPS) is 11.1.